The summed E-state index contributed by atoms with van der Waals surface area (Å²) in [6.07, 6.45) is 1.07. The van der Waals surface area contributed by atoms with Gasteiger partial charge in [-0.3, -0.25) is 19.2 Å². The number of aromatic hydroxyl groups is 2. The Labute approximate surface area is 210 Å². The Morgan fingerprint density at radius 3 is 2.06 bits per heavy atom. The number of phenols is 2. The van der Waals surface area contributed by atoms with Crippen molar-refractivity contribution < 1.29 is 39.2 Å². The second-order valence-corrected chi connectivity index (χ2v) is 8.75. The molecule has 0 saturated heterocycles. The van der Waals surface area contributed by atoms with Gasteiger partial charge in [-0.2, -0.15) is 0 Å². The summed E-state index contributed by atoms with van der Waals surface area (Å²) < 4.78 is 5.63. The molecule has 2 aliphatic rings. The molecule has 0 aromatic heterocycles. The summed E-state index contributed by atoms with van der Waals surface area (Å²) in [5, 5.41) is 32.3. The van der Waals surface area contributed by atoms with Crippen LogP contribution in [-0.4, -0.2) is 69.7 Å². The van der Waals surface area contributed by atoms with Gasteiger partial charge in [-0.1, -0.05) is 20.8 Å². The molecule has 0 amide bonds. The number of fused-ring (bicyclic) bond motifs is 3. The van der Waals surface area contributed by atoms with Crippen LogP contribution in [0.5, 0.6) is 17.2 Å². The van der Waals surface area contributed by atoms with Gasteiger partial charge in [0.25, 0.3) is 0 Å². The van der Waals surface area contributed by atoms with Gasteiger partial charge in [-0.25, -0.2) is 0 Å². The highest BCUT2D eigenvalue weighted by Crippen LogP contribution is 2.57. The number of Topliss-reactive ketones (excluding diaryl/α,β-unsaturated/α-hetero) is 2. The lowest BCUT2D eigenvalue weighted by Crippen LogP contribution is -2.41. The Morgan fingerprint density at radius 1 is 1.06 bits per heavy atom. The molecule has 4 N–H and O–H groups in total. The van der Waals surface area contributed by atoms with Gasteiger partial charge >= 0.3 is 5.97 Å². The minimum Gasteiger partial charge on any atom is -0.507 e. The number of ether oxygens (including phenoxy) is 1. The van der Waals surface area contributed by atoms with Gasteiger partial charge < -0.3 is 30.3 Å². The number of benzene rings is 1. The third-order valence-electron chi connectivity index (χ3n) is 6.61. The number of rotatable bonds is 7. The van der Waals surface area contributed by atoms with E-state index in [1.54, 1.807) is 0 Å². The van der Waals surface area contributed by atoms with E-state index in [0.717, 1.165) is 6.08 Å². The molecule has 1 aliphatic heterocycles. The third kappa shape index (κ3) is 4.86. The molecule has 1 aliphatic carbocycles. The molecule has 1 heterocycles. The van der Waals surface area contributed by atoms with E-state index in [4.69, 9.17) is 9.84 Å². The van der Waals surface area contributed by atoms with Crippen LogP contribution < -0.4 is 10.1 Å². The zero-order valence-electron chi connectivity index (χ0n) is 21.7. The number of carboxylic acids is 1. The summed E-state index contributed by atoms with van der Waals surface area (Å²) in [6.45, 7) is 15.0. The number of hydrogen-bond acceptors (Lipinski definition) is 9. The molecular formula is C26H34N2O8. The monoisotopic (exact) mass is 502 g/mol. The van der Waals surface area contributed by atoms with Crippen molar-refractivity contribution in [2.24, 2.45) is 0 Å². The number of nitrogens with zero attached hydrogens (tertiary/aromatic N) is 1. The Bertz CT molecular complexity index is 1170. The zero-order chi connectivity index (χ0) is 27.5. The normalized spacial score (nSPS) is 19.5. The Kier molecular flexibility index (Phi) is 8.69. The summed E-state index contributed by atoms with van der Waals surface area (Å²) in [6, 6.07) is 0. The Hall–Kier alpha value is -3.66. The molecule has 196 valence electrons. The standard InChI is InChI=1S/C20H19NO8.C6H15N/c1-7-16(26)14(9(3)22)18-15(17(7)27)20(4)11(29-18)5-10(23)13(19(20)28)8(2)21-6-12(24)25;1-4-7(5-2)6-3/h5,21,26-27H,6H2,1-4H3,(H,24,25);4-6H2,1-3H3/b13-8+;/t20-;/m0./s1. The van der Waals surface area contributed by atoms with Crippen molar-refractivity contribution in [2.75, 3.05) is 26.2 Å². The molecule has 0 bridgehead atoms. The Balaban J connectivity index is 0.000000572. The number of aliphatic carboxylic acids is 1. The molecule has 0 saturated carbocycles. The van der Waals surface area contributed by atoms with Gasteiger partial charge in [0.1, 0.15) is 40.5 Å². The van der Waals surface area contributed by atoms with Gasteiger partial charge in [0.05, 0.1) is 11.1 Å². The van der Waals surface area contributed by atoms with Crippen molar-refractivity contribution >= 4 is 23.3 Å². The molecular weight excluding hydrogens is 468 g/mol. The van der Waals surface area contributed by atoms with Crippen molar-refractivity contribution in [3.05, 3.63) is 39.8 Å². The lowest BCUT2D eigenvalue weighted by molar-refractivity contribution is -0.136. The summed E-state index contributed by atoms with van der Waals surface area (Å²) in [7, 11) is 0. The maximum Gasteiger partial charge on any atom is 0.322 e. The van der Waals surface area contributed by atoms with E-state index < -0.39 is 46.8 Å². The molecule has 36 heavy (non-hydrogen) atoms. The number of allylic oxidation sites excluding steroid dienone is 4. The minimum absolute atomic E-state index is 0.00372. The topological polar surface area (TPSA) is 153 Å². The quantitative estimate of drug-likeness (QED) is 0.248. The highest BCUT2D eigenvalue weighted by atomic mass is 16.5. The van der Waals surface area contributed by atoms with Gasteiger partial charge in [0, 0.05) is 17.3 Å². The highest BCUT2D eigenvalue weighted by molar-refractivity contribution is 6.31. The fourth-order valence-electron chi connectivity index (χ4n) is 4.33. The predicted octanol–water partition coefficient (Wildman–Crippen LogP) is 2.59. The minimum atomic E-state index is -1.63. The van der Waals surface area contributed by atoms with Crippen LogP contribution in [-0.2, 0) is 19.8 Å². The maximum atomic E-state index is 13.4. The van der Waals surface area contributed by atoms with Crippen LogP contribution in [0, 0.1) is 6.92 Å². The first-order valence-corrected chi connectivity index (χ1v) is 11.8. The van der Waals surface area contributed by atoms with Gasteiger partial charge in [-0.15, -0.1) is 0 Å². The average Bonchev–Trinajstić information content (AvgIpc) is 3.10. The average molecular weight is 503 g/mol. The van der Waals surface area contributed by atoms with E-state index in [0.29, 0.717) is 0 Å². The van der Waals surface area contributed by atoms with Crippen LogP contribution in [0.2, 0.25) is 0 Å². The molecule has 0 unspecified atom stereocenters. The first-order valence-electron chi connectivity index (χ1n) is 11.8. The van der Waals surface area contributed by atoms with Crippen LogP contribution in [0.15, 0.2) is 23.1 Å². The van der Waals surface area contributed by atoms with Crippen LogP contribution >= 0.6 is 0 Å². The van der Waals surface area contributed by atoms with Crippen molar-refractivity contribution in [3.63, 3.8) is 0 Å². The van der Waals surface area contributed by atoms with E-state index in [1.165, 1.54) is 47.3 Å². The van der Waals surface area contributed by atoms with Gasteiger partial charge in [0.15, 0.2) is 17.3 Å². The first-order chi connectivity index (χ1) is 16.8. The first kappa shape index (κ1) is 28.6. The number of carboxylic acid groups (broad SMARTS) is 1. The molecule has 10 heteroatoms. The zero-order valence-corrected chi connectivity index (χ0v) is 21.7. The van der Waals surface area contributed by atoms with Crippen molar-refractivity contribution in [1.82, 2.24) is 10.2 Å². The summed E-state index contributed by atoms with van der Waals surface area (Å²) in [5.41, 5.74) is -2.06. The van der Waals surface area contributed by atoms with E-state index in [1.807, 2.05) is 0 Å². The second kappa shape index (κ2) is 10.9. The van der Waals surface area contributed by atoms with E-state index in [2.05, 4.69) is 31.0 Å². The van der Waals surface area contributed by atoms with Crippen LogP contribution in [0.1, 0.15) is 63.0 Å². The predicted molar refractivity (Wildman–Crippen MR) is 132 cm³/mol. The molecule has 1 aromatic carbocycles. The molecule has 3 rings (SSSR count). The van der Waals surface area contributed by atoms with Crippen LogP contribution in [0.4, 0.5) is 0 Å². The number of ketones is 3. The third-order valence-corrected chi connectivity index (χ3v) is 6.61. The number of phenolic OH excluding ortho intramolecular Hbond substituents is 2. The number of hydrogen-bond donors (Lipinski definition) is 4. The molecule has 1 atom stereocenters. The van der Waals surface area contributed by atoms with Crippen molar-refractivity contribution in [2.45, 2.75) is 53.9 Å². The van der Waals surface area contributed by atoms with E-state index in [-0.39, 0.29) is 39.5 Å². The summed E-state index contributed by atoms with van der Waals surface area (Å²) >= 11 is 0. The molecule has 0 fully saturated rings. The maximum absolute atomic E-state index is 13.4. The lowest BCUT2D eigenvalue weighted by atomic mass is 9.70. The fraction of sp³-hybridized carbons (Fsp3) is 0.462. The highest BCUT2D eigenvalue weighted by Gasteiger charge is 2.56. The number of nitrogens with one attached hydrogen (secondary N) is 1. The van der Waals surface area contributed by atoms with Gasteiger partial charge in [0.2, 0.25) is 0 Å². The molecule has 0 radical (unpaired) electrons. The van der Waals surface area contributed by atoms with E-state index >= 15 is 0 Å². The summed E-state index contributed by atoms with van der Waals surface area (Å²) in [5.74, 6) is -4.28. The number of carbonyl (C=O) groups excluding carboxylic acids is 3. The smallest absolute Gasteiger partial charge is 0.322 e. The Morgan fingerprint density at radius 2 is 1.61 bits per heavy atom. The van der Waals surface area contributed by atoms with Crippen molar-refractivity contribution in [1.29, 1.82) is 0 Å². The SMILES string of the molecule is CC(=O)c1c(O)c(C)c(O)c2c1OC1=CC(=O)/C(=C(/C)NCC(=O)O)C(=O)[C@@]12C.CCN(CC)CC. The molecule has 1 aromatic rings. The number of carbonyl (C=O) groups is 4. The van der Waals surface area contributed by atoms with Gasteiger partial charge in [-0.05, 0) is 47.3 Å². The lowest BCUT2D eigenvalue weighted by Gasteiger charge is -2.29. The fourth-order valence-corrected chi connectivity index (χ4v) is 4.33. The molecule has 0 spiro atoms. The largest absolute Gasteiger partial charge is 0.507 e. The van der Waals surface area contributed by atoms with Crippen LogP contribution in [0.25, 0.3) is 0 Å². The summed E-state index contributed by atoms with van der Waals surface area (Å²) in [4.78, 5) is 51.2. The van der Waals surface area contributed by atoms with E-state index in [9.17, 15) is 29.4 Å². The second-order valence-electron chi connectivity index (χ2n) is 8.75. The van der Waals surface area contributed by atoms with Crippen molar-refractivity contribution in [3.8, 4) is 17.2 Å². The molecule has 10 nitrogen and oxygen atoms in total. The van der Waals surface area contributed by atoms with Crippen LogP contribution in [0.3, 0.4) is 0 Å².